The first-order valence-corrected chi connectivity index (χ1v) is 9.77. The molecule has 0 radical (unpaired) electrons. The summed E-state index contributed by atoms with van der Waals surface area (Å²) in [5.74, 6) is -0.0757. The summed E-state index contributed by atoms with van der Waals surface area (Å²) in [5, 5.41) is 12.4. The Kier molecular flexibility index (Phi) is 6.80. The quantitative estimate of drug-likeness (QED) is 0.569. The molecule has 0 aliphatic rings. The van der Waals surface area contributed by atoms with Crippen LogP contribution in [0.15, 0.2) is 48.5 Å². The summed E-state index contributed by atoms with van der Waals surface area (Å²) in [6.07, 6.45) is 0. The minimum absolute atomic E-state index is 0.215. The van der Waals surface area contributed by atoms with Crippen LogP contribution in [0.4, 0.5) is 5.82 Å². The summed E-state index contributed by atoms with van der Waals surface area (Å²) >= 11 is 0. The van der Waals surface area contributed by atoms with Gasteiger partial charge in [-0.05, 0) is 49.7 Å². The third-order valence-electron chi connectivity index (χ3n) is 5.05. The van der Waals surface area contributed by atoms with Gasteiger partial charge in [-0.2, -0.15) is 5.26 Å². The highest BCUT2D eigenvalue weighted by Crippen LogP contribution is 2.30. The number of amides is 1. The molecular formula is C24H23N3O5. The number of hydrogen-bond acceptors (Lipinski definition) is 6. The second-order valence-electron chi connectivity index (χ2n) is 6.91. The largest absolute Gasteiger partial charge is 0.493 e. The molecule has 0 atom stereocenters. The van der Waals surface area contributed by atoms with E-state index in [4.69, 9.17) is 14.2 Å². The van der Waals surface area contributed by atoms with Crippen molar-refractivity contribution in [2.24, 2.45) is 0 Å². The van der Waals surface area contributed by atoms with Crippen molar-refractivity contribution in [3.05, 3.63) is 70.9 Å². The lowest BCUT2D eigenvalue weighted by atomic mass is 10.2. The average molecular weight is 433 g/mol. The maximum Gasteiger partial charge on any atom is 0.338 e. The third kappa shape index (κ3) is 4.42. The predicted octanol–water partition coefficient (Wildman–Crippen LogP) is 3.78. The molecule has 8 nitrogen and oxygen atoms in total. The summed E-state index contributed by atoms with van der Waals surface area (Å²) < 4.78 is 17.3. The lowest BCUT2D eigenvalue weighted by Gasteiger charge is -2.13. The number of para-hydroxylation sites is 1. The van der Waals surface area contributed by atoms with Crippen LogP contribution in [0.5, 0.6) is 11.5 Å². The molecule has 1 N–H and O–H groups in total. The Morgan fingerprint density at radius 1 is 1.03 bits per heavy atom. The summed E-state index contributed by atoms with van der Waals surface area (Å²) in [6, 6.07) is 16.1. The number of carbonyl (C=O) groups excluding carboxylic acids is 2. The zero-order valence-electron chi connectivity index (χ0n) is 18.3. The second kappa shape index (κ2) is 9.71. The Balaban J connectivity index is 1.78. The summed E-state index contributed by atoms with van der Waals surface area (Å²) in [4.78, 5) is 25.0. The Labute approximate surface area is 185 Å². The zero-order chi connectivity index (χ0) is 23.3. The maximum atomic E-state index is 12.6. The highest BCUT2D eigenvalue weighted by molar-refractivity contribution is 5.96. The van der Waals surface area contributed by atoms with E-state index in [1.807, 2.05) is 44.2 Å². The van der Waals surface area contributed by atoms with Gasteiger partial charge in [0.15, 0.2) is 18.1 Å². The van der Waals surface area contributed by atoms with E-state index >= 15 is 0 Å². The topological polar surface area (TPSA) is 103 Å². The monoisotopic (exact) mass is 433 g/mol. The molecule has 0 spiro atoms. The van der Waals surface area contributed by atoms with Crippen LogP contribution in [-0.4, -0.2) is 37.3 Å². The van der Waals surface area contributed by atoms with E-state index in [0.29, 0.717) is 22.9 Å². The van der Waals surface area contributed by atoms with Crippen molar-refractivity contribution in [1.82, 2.24) is 4.57 Å². The molecule has 3 rings (SSSR count). The highest BCUT2D eigenvalue weighted by Gasteiger charge is 2.21. The predicted molar refractivity (Wildman–Crippen MR) is 118 cm³/mol. The number of esters is 1. The SMILES string of the molecule is COc1ccc(C(=O)OCC(=O)Nc2c(C#N)c(C)c(C)n2-c2ccccc2)cc1OC. The van der Waals surface area contributed by atoms with E-state index in [2.05, 4.69) is 11.4 Å². The number of anilines is 1. The Morgan fingerprint density at radius 2 is 1.72 bits per heavy atom. The van der Waals surface area contributed by atoms with Gasteiger partial charge in [0.2, 0.25) is 0 Å². The van der Waals surface area contributed by atoms with Gasteiger partial charge in [0.25, 0.3) is 5.91 Å². The van der Waals surface area contributed by atoms with Crippen LogP contribution >= 0.6 is 0 Å². The smallest absolute Gasteiger partial charge is 0.338 e. The second-order valence-corrected chi connectivity index (χ2v) is 6.91. The molecule has 0 unspecified atom stereocenters. The number of methoxy groups -OCH3 is 2. The highest BCUT2D eigenvalue weighted by atomic mass is 16.5. The molecule has 0 aliphatic carbocycles. The van der Waals surface area contributed by atoms with Crippen LogP contribution in [0.2, 0.25) is 0 Å². The van der Waals surface area contributed by atoms with E-state index in [1.54, 1.807) is 10.6 Å². The Morgan fingerprint density at radius 3 is 2.34 bits per heavy atom. The number of nitrogens with zero attached hydrogens (tertiary/aromatic N) is 2. The molecule has 0 saturated carbocycles. The lowest BCUT2D eigenvalue weighted by molar-refractivity contribution is -0.119. The van der Waals surface area contributed by atoms with Gasteiger partial charge in [-0.1, -0.05) is 18.2 Å². The van der Waals surface area contributed by atoms with Crippen molar-refractivity contribution in [1.29, 1.82) is 5.26 Å². The maximum absolute atomic E-state index is 12.6. The fourth-order valence-corrected chi connectivity index (χ4v) is 3.31. The van der Waals surface area contributed by atoms with Crippen molar-refractivity contribution in [2.75, 3.05) is 26.1 Å². The van der Waals surface area contributed by atoms with Gasteiger partial charge in [0.1, 0.15) is 11.9 Å². The number of hydrogen-bond donors (Lipinski definition) is 1. The Bertz CT molecular complexity index is 1190. The minimum Gasteiger partial charge on any atom is -0.493 e. The molecule has 0 bridgehead atoms. The number of benzene rings is 2. The van der Waals surface area contributed by atoms with Crippen LogP contribution in [0.25, 0.3) is 5.69 Å². The van der Waals surface area contributed by atoms with Crippen LogP contribution in [0.3, 0.4) is 0 Å². The van der Waals surface area contributed by atoms with E-state index in [1.165, 1.54) is 26.4 Å². The molecule has 8 heteroatoms. The standard InChI is InChI=1S/C24H23N3O5/c1-15-16(2)27(18-8-6-5-7-9-18)23(19(15)13-25)26-22(28)14-32-24(29)17-10-11-20(30-3)21(12-17)31-4/h5-12H,14H2,1-4H3,(H,26,28). The molecule has 3 aromatic rings. The van der Waals surface area contributed by atoms with Gasteiger partial charge in [-0.25, -0.2) is 4.79 Å². The van der Waals surface area contributed by atoms with Gasteiger partial charge in [0, 0.05) is 11.4 Å². The molecule has 164 valence electrons. The molecule has 0 fully saturated rings. The fourth-order valence-electron chi connectivity index (χ4n) is 3.31. The number of nitriles is 1. The van der Waals surface area contributed by atoms with Crippen LogP contribution in [0.1, 0.15) is 27.2 Å². The molecule has 1 aromatic heterocycles. The molecule has 0 aliphatic heterocycles. The van der Waals surface area contributed by atoms with Crippen molar-refractivity contribution < 1.29 is 23.8 Å². The molecule has 1 heterocycles. The van der Waals surface area contributed by atoms with Crippen LogP contribution < -0.4 is 14.8 Å². The van der Waals surface area contributed by atoms with Crippen molar-refractivity contribution in [3.63, 3.8) is 0 Å². The first kappa shape index (κ1) is 22.4. The van der Waals surface area contributed by atoms with E-state index in [9.17, 15) is 14.9 Å². The van der Waals surface area contributed by atoms with Gasteiger partial charge in [-0.3, -0.25) is 9.36 Å². The van der Waals surface area contributed by atoms with Crippen molar-refractivity contribution in [2.45, 2.75) is 13.8 Å². The summed E-state index contributed by atoms with van der Waals surface area (Å²) in [5.41, 5.74) is 2.95. The fraction of sp³-hybridized carbons (Fsp3) is 0.208. The number of nitrogens with one attached hydrogen (secondary N) is 1. The average Bonchev–Trinajstić information content (AvgIpc) is 3.06. The summed E-state index contributed by atoms with van der Waals surface area (Å²) in [6.45, 7) is 3.17. The van der Waals surface area contributed by atoms with E-state index in [0.717, 1.165) is 16.9 Å². The Hall–Kier alpha value is -4.25. The van der Waals surface area contributed by atoms with Gasteiger partial charge in [-0.15, -0.1) is 0 Å². The third-order valence-corrected chi connectivity index (χ3v) is 5.05. The first-order chi connectivity index (χ1) is 15.4. The number of carbonyl (C=O) groups is 2. The molecule has 2 aromatic carbocycles. The molecule has 32 heavy (non-hydrogen) atoms. The van der Waals surface area contributed by atoms with Crippen LogP contribution in [-0.2, 0) is 9.53 Å². The number of rotatable bonds is 7. The zero-order valence-corrected chi connectivity index (χ0v) is 18.3. The van der Waals surface area contributed by atoms with E-state index < -0.39 is 18.5 Å². The minimum atomic E-state index is -0.688. The normalized spacial score (nSPS) is 10.2. The lowest BCUT2D eigenvalue weighted by Crippen LogP contribution is -2.23. The van der Waals surface area contributed by atoms with Crippen molar-refractivity contribution in [3.8, 4) is 23.3 Å². The molecule has 0 saturated heterocycles. The summed E-state index contributed by atoms with van der Waals surface area (Å²) in [7, 11) is 2.95. The number of ether oxygens (including phenoxy) is 3. The van der Waals surface area contributed by atoms with Crippen molar-refractivity contribution >= 4 is 17.7 Å². The van der Waals surface area contributed by atoms with Gasteiger partial charge in [0.05, 0.1) is 25.3 Å². The first-order valence-electron chi connectivity index (χ1n) is 9.77. The number of aromatic nitrogens is 1. The van der Waals surface area contributed by atoms with Gasteiger partial charge < -0.3 is 19.5 Å². The molecular weight excluding hydrogens is 410 g/mol. The van der Waals surface area contributed by atoms with Crippen LogP contribution in [0, 0.1) is 25.2 Å². The van der Waals surface area contributed by atoms with E-state index in [-0.39, 0.29) is 5.56 Å². The van der Waals surface area contributed by atoms with Gasteiger partial charge >= 0.3 is 5.97 Å². The molecule has 1 amide bonds.